The van der Waals surface area contributed by atoms with Gasteiger partial charge in [0.2, 0.25) is 11.8 Å². The van der Waals surface area contributed by atoms with Gasteiger partial charge in [-0.2, -0.15) is 0 Å². The van der Waals surface area contributed by atoms with Gasteiger partial charge in [-0.05, 0) is 12.1 Å². The third-order valence-electron chi connectivity index (χ3n) is 2.98. The van der Waals surface area contributed by atoms with Crippen molar-refractivity contribution in [2.45, 2.75) is 20.8 Å². The number of ether oxygens (including phenoxy) is 1. The molecule has 0 heterocycles. The van der Waals surface area contributed by atoms with Crippen LogP contribution in [0.2, 0.25) is 0 Å². The predicted molar refractivity (Wildman–Crippen MR) is 78.8 cm³/mol. The number of halogens is 1. The van der Waals surface area contributed by atoms with Crippen LogP contribution in [0.15, 0.2) is 18.2 Å². The van der Waals surface area contributed by atoms with Gasteiger partial charge in [-0.15, -0.1) is 0 Å². The zero-order valence-corrected chi connectivity index (χ0v) is 13.0. The lowest BCUT2D eigenvalue weighted by Gasteiger charge is -2.21. The van der Waals surface area contributed by atoms with E-state index in [9.17, 15) is 14.0 Å². The number of likely N-dealkylation sites (N-methyl/N-ethyl adjacent to an activating group) is 1. The van der Waals surface area contributed by atoms with Crippen molar-refractivity contribution in [1.82, 2.24) is 5.32 Å². The van der Waals surface area contributed by atoms with E-state index in [-0.39, 0.29) is 24.1 Å². The van der Waals surface area contributed by atoms with Crippen LogP contribution in [-0.2, 0) is 9.59 Å². The SMILES string of the molecule is COc1ccc(N(C)C(=O)CNC(=O)C(C)(C)C)cc1F. The van der Waals surface area contributed by atoms with Crippen LogP contribution >= 0.6 is 0 Å². The Hall–Kier alpha value is -2.11. The Morgan fingerprint density at radius 3 is 2.43 bits per heavy atom. The first kappa shape index (κ1) is 16.9. The van der Waals surface area contributed by atoms with Crippen LogP contribution in [0.4, 0.5) is 10.1 Å². The molecule has 0 spiro atoms. The highest BCUT2D eigenvalue weighted by atomic mass is 19.1. The van der Waals surface area contributed by atoms with E-state index in [0.29, 0.717) is 5.69 Å². The highest BCUT2D eigenvalue weighted by Crippen LogP contribution is 2.22. The van der Waals surface area contributed by atoms with Gasteiger partial charge in [0.1, 0.15) is 0 Å². The quantitative estimate of drug-likeness (QED) is 0.924. The minimum atomic E-state index is -0.564. The van der Waals surface area contributed by atoms with Gasteiger partial charge in [-0.25, -0.2) is 4.39 Å². The van der Waals surface area contributed by atoms with E-state index >= 15 is 0 Å². The second kappa shape index (κ2) is 6.56. The lowest BCUT2D eigenvalue weighted by atomic mass is 9.96. The van der Waals surface area contributed by atoms with Crippen molar-refractivity contribution in [3.8, 4) is 5.75 Å². The molecule has 6 heteroatoms. The normalized spacial score (nSPS) is 11.0. The average Bonchev–Trinajstić information content (AvgIpc) is 2.42. The van der Waals surface area contributed by atoms with Crippen LogP contribution in [-0.4, -0.2) is 32.5 Å². The van der Waals surface area contributed by atoms with Gasteiger partial charge in [0.15, 0.2) is 11.6 Å². The summed E-state index contributed by atoms with van der Waals surface area (Å²) in [7, 11) is 2.89. The summed E-state index contributed by atoms with van der Waals surface area (Å²) >= 11 is 0. The molecule has 0 unspecified atom stereocenters. The van der Waals surface area contributed by atoms with Gasteiger partial charge in [0.05, 0.1) is 13.7 Å². The number of rotatable bonds is 4. The first-order chi connectivity index (χ1) is 9.66. The maximum atomic E-state index is 13.6. The molecule has 0 fully saturated rings. The molecule has 1 rings (SSSR count). The van der Waals surface area contributed by atoms with E-state index in [1.54, 1.807) is 26.8 Å². The fourth-order valence-corrected chi connectivity index (χ4v) is 1.55. The van der Waals surface area contributed by atoms with Crippen LogP contribution in [0.3, 0.4) is 0 Å². The molecule has 0 bridgehead atoms. The van der Waals surface area contributed by atoms with Crippen molar-refractivity contribution in [2.75, 3.05) is 25.6 Å². The van der Waals surface area contributed by atoms with Crippen LogP contribution in [0.1, 0.15) is 20.8 Å². The number of benzene rings is 1. The zero-order valence-electron chi connectivity index (χ0n) is 13.0. The second-order valence-corrected chi connectivity index (χ2v) is 5.70. The maximum absolute atomic E-state index is 13.6. The molecule has 0 saturated carbocycles. The average molecular weight is 296 g/mol. The van der Waals surface area contributed by atoms with Crippen molar-refractivity contribution in [3.63, 3.8) is 0 Å². The lowest BCUT2D eigenvalue weighted by Crippen LogP contribution is -2.42. The predicted octanol–water partition coefficient (Wildman–Crippen LogP) is 1.96. The lowest BCUT2D eigenvalue weighted by molar-refractivity contribution is -0.130. The molecule has 0 radical (unpaired) electrons. The summed E-state index contributed by atoms with van der Waals surface area (Å²) in [6.07, 6.45) is 0. The van der Waals surface area contributed by atoms with Crippen LogP contribution in [0, 0.1) is 11.2 Å². The number of carbonyl (C=O) groups is 2. The Morgan fingerprint density at radius 1 is 1.33 bits per heavy atom. The van der Waals surface area contributed by atoms with E-state index in [1.807, 2.05) is 0 Å². The van der Waals surface area contributed by atoms with Crippen molar-refractivity contribution < 1.29 is 18.7 Å². The van der Waals surface area contributed by atoms with Crippen molar-refractivity contribution in [3.05, 3.63) is 24.0 Å². The maximum Gasteiger partial charge on any atom is 0.246 e. The number of anilines is 1. The number of nitrogens with one attached hydrogen (secondary N) is 1. The van der Waals surface area contributed by atoms with E-state index in [1.165, 1.54) is 31.2 Å². The Balaban J connectivity index is 2.71. The Bertz CT molecular complexity index is 538. The molecule has 1 aromatic rings. The van der Waals surface area contributed by atoms with Crippen LogP contribution in [0.5, 0.6) is 5.75 Å². The zero-order chi connectivity index (χ0) is 16.2. The van der Waals surface area contributed by atoms with E-state index in [2.05, 4.69) is 5.32 Å². The highest BCUT2D eigenvalue weighted by molar-refractivity contribution is 5.96. The summed E-state index contributed by atoms with van der Waals surface area (Å²) in [6, 6.07) is 4.23. The molecular weight excluding hydrogens is 275 g/mol. The molecule has 0 aliphatic heterocycles. The second-order valence-electron chi connectivity index (χ2n) is 5.70. The molecule has 0 aliphatic carbocycles. The van der Waals surface area contributed by atoms with Gasteiger partial charge in [0, 0.05) is 24.2 Å². The van der Waals surface area contributed by atoms with Gasteiger partial charge >= 0.3 is 0 Å². The number of hydrogen-bond acceptors (Lipinski definition) is 3. The molecule has 0 aromatic heterocycles. The number of carbonyl (C=O) groups excluding carboxylic acids is 2. The van der Waals surface area contributed by atoms with Gasteiger partial charge in [-0.3, -0.25) is 9.59 Å². The summed E-state index contributed by atoms with van der Waals surface area (Å²) in [5.41, 5.74) is -0.172. The molecule has 21 heavy (non-hydrogen) atoms. The number of nitrogens with zero attached hydrogens (tertiary/aromatic N) is 1. The smallest absolute Gasteiger partial charge is 0.246 e. The largest absolute Gasteiger partial charge is 0.494 e. The van der Waals surface area contributed by atoms with Crippen LogP contribution in [0.25, 0.3) is 0 Å². The fraction of sp³-hybridized carbons (Fsp3) is 0.467. The molecule has 116 valence electrons. The molecule has 1 aromatic carbocycles. The summed E-state index contributed by atoms with van der Waals surface area (Å²) < 4.78 is 18.4. The molecule has 0 atom stereocenters. The summed E-state index contributed by atoms with van der Waals surface area (Å²) in [6.45, 7) is 5.14. The highest BCUT2D eigenvalue weighted by Gasteiger charge is 2.22. The fourth-order valence-electron chi connectivity index (χ4n) is 1.55. The monoisotopic (exact) mass is 296 g/mol. The minimum Gasteiger partial charge on any atom is -0.494 e. The molecule has 0 aliphatic rings. The Kier molecular flexibility index (Phi) is 5.29. The van der Waals surface area contributed by atoms with E-state index in [4.69, 9.17) is 4.74 Å². The third-order valence-corrected chi connectivity index (χ3v) is 2.98. The van der Waals surface area contributed by atoms with E-state index < -0.39 is 11.2 Å². The first-order valence-electron chi connectivity index (χ1n) is 6.55. The topological polar surface area (TPSA) is 58.6 Å². The van der Waals surface area contributed by atoms with Crippen molar-refractivity contribution in [2.24, 2.45) is 5.41 Å². The first-order valence-corrected chi connectivity index (χ1v) is 6.55. The Labute approximate surface area is 124 Å². The number of methoxy groups -OCH3 is 1. The minimum absolute atomic E-state index is 0.112. The van der Waals surface area contributed by atoms with Gasteiger partial charge < -0.3 is 15.0 Å². The summed E-state index contributed by atoms with van der Waals surface area (Å²) in [5, 5.41) is 2.56. The molecule has 2 amide bonds. The molecular formula is C15H21FN2O3. The number of amides is 2. The standard InChI is InChI=1S/C15H21FN2O3/c1-15(2,3)14(20)17-9-13(19)18(4)10-6-7-12(21-5)11(16)8-10/h6-8H,9H2,1-5H3,(H,17,20). The van der Waals surface area contributed by atoms with Crippen molar-refractivity contribution >= 4 is 17.5 Å². The van der Waals surface area contributed by atoms with Crippen LogP contribution < -0.4 is 15.0 Å². The third kappa shape index (κ3) is 4.44. The summed E-state index contributed by atoms with van der Waals surface area (Å²) in [5.74, 6) is -0.990. The molecule has 0 saturated heterocycles. The van der Waals surface area contributed by atoms with Crippen molar-refractivity contribution in [1.29, 1.82) is 0 Å². The number of hydrogen-bond donors (Lipinski definition) is 1. The summed E-state index contributed by atoms with van der Waals surface area (Å²) in [4.78, 5) is 25.0. The Morgan fingerprint density at radius 2 is 1.95 bits per heavy atom. The molecule has 1 N–H and O–H groups in total. The van der Waals surface area contributed by atoms with Gasteiger partial charge in [0.25, 0.3) is 0 Å². The van der Waals surface area contributed by atoms with Gasteiger partial charge in [-0.1, -0.05) is 20.8 Å². The van der Waals surface area contributed by atoms with E-state index in [0.717, 1.165) is 0 Å². The molecule has 5 nitrogen and oxygen atoms in total.